The molecule has 3 heteroatoms. The Kier molecular flexibility index (Phi) is 2.72. The van der Waals surface area contributed by atoms with E-state index in [0.29, 0.717) is 11.3 Å². The third-order valence-corrected chi connectivity index (χ3v) is 3.83. The van der Waals surface area contributed by atoms with E-state index in [0.717, 1.165) is 12.4 Å². The van der Waals surface area contributed by atoms with Crippen LogP contribution in [-0.2, 0) is 4.74 Å². The molecule has 0 spiro atoms. The van der Waals surface area contributed by atoms with Crippen LogP contribution in [0.15, 0.2) is 16.6 Å². The minimum absolute atomic E-state index is 0.331. The average molecular weight is 208 g/mol. The number of hydrogen-bond donors (Lipinski definition) is 1. The summed E-state index contributed by atoms with van der Waals surface area (Å²) in [5.74, 6) is 1.50. The molecule has 1 aliphatic carbocycles. The number of hydrogen-bond acceptors (Lipinski definition) is 3. The summed E-state index contributed by atoms with van der Waals surface area (Å²) in [6.45, 7) is 5.41. The molecule has 0 aromatic heterocycles. The van der Waals surface area contributed by atoms with Gasteiger partial charge in [0.15, 0.2) is 0 Å². The van der Waals surface area contributed by atoms with Gasteiger partial charge in [0.05, 0.1) is 19.4 Å². The van der Waals surface area contributed by atoms with Crippen LogP contribution in [0, 0.1) is 11.3 Å². The summed E-state index contributed by atoms with van der Waals surface area (Å²) in [5.41, 5.74) is 1.57. The van der Waals surface area contributed by atoms with Crippen molar-refractivity contribution < 1.29 is 4.74 Å². The maximum Gasteiger partial charge on any atom is 0.233 e. The molecule has 1 unspecified atom stereocenters. The standard InChI is InChI=1S/C12H20N2O/c1-4-9(2)12(5-6-12)10-11(15-3)14-8-7-13-10/h8-9,13H,4-7H2,1-3H3. The first-order chi connectivity index (χ1) is 7.24. The molecule has 1 atom stereocenters. The van der Waals surface area contributed by atoms with E-state index in [9.17, 15) is 0 Å². The largest absolute Gasteiger partial charge is 0.480 e. The summed E-state index contributed by atoms with van der Waals surface area (Å²) in [5, 5.41) is 3.44. The molecule has 1 heterocycles. The highest BCUT2D eigenvalue weighted by atomic mass is 16.5. The molecule has 0 amide bonds. The average Bonchev–Trinajstić information content (AvgIpc) is 3.09. The third kappa shape index (κ3) is 1.64. The van der Waals surface area contributed by atoms with Crippen molar-refractivity contribution in [2.24, 2.45) is 16.3 Å². The van der Waals surface area contributed by atoms with Crippen molar-refractivity contribution in [3.63, 3.8) is 0 Å². The Labute approximate surface area is 91.6 Å². The normalized spacial score (nSPS) is 24.7. The van der Waals surface area contributed by atoms with E-state index in [1.165, 1.54) is 25.0 Å². The zero-order valence-electron chi connectivity index (χ0n) is 9.84. The highest BCUT2D eigenvalue weighted by Crippen LogP contribution is 2.58. The van der Waals surface area contributed by atoms with Crippen LogP contribution in [0.1, 0.15) is 33.1 Å². The number of rotatable bonds is 4. The van der Waals surface area contributed by atoms with Gasteiger partial charge in [-0.1, -0.05) is 20.3 Å². The van der Waals surface area contributed by atoms with E-state index >= 15 is 0 Å². The molecule has 3 nitrogen and oxygen atoms in total. The van der Waals surface area contributed by atoms with Gasteiger partial charge >= 0.3 is 0 Å². The van der Waals surface area contributed by atoms with Gasteiger partial charge in [-0.3, -0.25) is 0 Å². The lowest BCUT2D eigenvalue weighted by Crippen LogP contribution is -2.31. The first kappa shape index (κ1) is 10.5. The maximum atomic E-state index is 5.34. The summed E-state index contributed by atoms with van der Waals surface area (Å²) in [6, 6.07) is 0. The number of aliphatic imine (C=N–C) groups is 1. The van der Waals surface area contributed by atoms with Crippen molar-refractivity contribution in [1.29, 1.82) is 0 Å². The fraction of sp³-hybridized carbons (Fsp3) is 0.750. The van der Waals surface area contributed by atoms with E-state index in [1.807, 2.05) is 6.21 Å². The van der Waals surface area contributed by atoms with E-state index in [-0.39, 0.29) is 0 Å². The molecule has 1 N–H and O–H groups in total. The summed E-state index contributed by atoms with van der Waals surface area (Å²) in [6.07, 6.45) is 5.63. The molecule has 0 aromatic carbocycles. The second kappa shape index (κ2) is 3.87. The van der Waals surface area contributed by atoms with Crippen molar-refractivity contribution in [3.05, 3.63) is 11.6 Å². The van der Waals surface area contributed by atoms with Crippen molar-refractivity contribution in [2.45, 2.75) is 33.1 Å². The van der Waals surface area contributed by atoms with Gasteiger partial charge in [0.2, 0.25) is 5.88 Å². The lowest BCUT2D eigenvalue weighted by Gasteiger charge is -2.28. The Morgan fingerprint density at radius 1 is 1.60 bits per heavy atom. The van der Waals surface area contributed by atoms with Crippen molar-refractivity contribution in [3.8, 4) is 0 Å². The second-order valence-electron chi connectivity index (χ2n) is 4.54. The Bertz CT molecular complexity index is 303. The molecular formula is C12H20N2O. The predicted octanol–water partition coefficient (Wildman–Crippen LogP) is 2.30. The Hall–Kier alpha value is -0.990. The zero-order valence-corrected chi connectivity index (χ0v) is 9.84. The van der Waals surface area contributed by atoms with Crippen LogP contribution in [0.3, 0.4) is 0 Å². The van der Waals surface area contributed by atoms with Gasteiger partial charge < -0.3 is 10.1 Å². The van der Waals surface area contributed by atoms with Gasteiger partial charge in [-0.15, -0.1) is 0 Å². The van der Waals surface area contributed by atoms with Crippen LogP contribution in [-0.4, -0.2) is 19.9 Å². The van der Waals surface area contributed by atoms with Crippen LogP contribution in [0.4, 0.5) is 0 Å². The molecule has 1 fully saturated rings. The van der Waals surface area contributed by atoms with Gasteiger partial charge in [-0.05, 0) is 18.8 Å². The minimum Gasteiger partial charge on any atom is -0.480 e. The van der Waals surface area contributed by atoms with Crippen molar-refractivity contribution in [1.82, 2.24) is 5.32 Å². The van der Waals surface area contributed by atoms with Crippen LogP contribution in [0.5, 0.6) is 0 Å². The van der Waals surface area contributed by atoms with Gasteiger partial charge in [0.1, 0.15) is 0 Å². The Balaban J connectivity index is 2.28. The Morgan fingerprint density at radius 3 is 2.87 bits per heavy atom. The molecule has 2 aliphatic rings. The highest BCUT2D eigenvalue weighted by Gasteiger charge is 2.51. The first-order valence-corrected chi connectivity index (χ1v) is 5.79. The molecule has 1 aliphatic heterocycles. The van der Waals surface area contributed by atoms with Gasteiger partial charge in [-0.2, -0.15) is 0 Å². The van der Waals surface area contributed by atoms with Crippen LogP contribution < -0.4 is 5.32 Å². The smallest absolute Gasteiger partial charge is 0.233 e. The zero-order chi connectivity index (χ0) is 10.9. The lowest BCUT2D eigenvalue weighted by molar-refractivity contribution is 0.255. The second-order valence-corrected chi connectivity index (χ2v) is 4.54. The summed E-state index contributed by atoms with van der Waals surface area (Å²) in [7, 11) is 1.70. The summed E-state index contributed by atoms with van der Waals surface area (Å²) >= 11 is 0. The van der Waals surface area contributed by atoms with Crippen molar-refractivity contribution >= 4 is 6.21 Å². The molecule has 15 heavy (non-hydrogen) atoms. The molecule has 2 rings (SSSR count). The van der Waals surface area contributed by atoms with Gasteiger partial charge in [-0.25, -0.2) is 4.99 Å². The highest BCUT2D eigenvalue weighted by molar-refractivity contribution is 5.63. The molecule has 1 saturated carbocycles. The topological polar surface area (TPSA) is 33.6 Å². The summed E-state index contributed by atoms with van der Waals surface area (Å²) < 4.78 is 5.34. The van der Waals surface area contributed by atoms with Crippen molar-refractivity contribution in [2.75, 3.05) is 13.7 Å². The predicted molar refractivity (Wildman–Crippen MR) is 61.7 cm³/mol. The fourth-order valence-corrected chi connectivity index (χ4v) is 2.47. The van der Waals surface area contributed by atoms with Gasteiger partial charge in [0, 0.05) is 11.6 Å². The van der Waals surface area contributed by atoms with E-state index in [4.69, 9.17) is 4.74 Å². The lowest BCUT2D eigenvalue weighted by atomic mass is 9.85. The van der Waals surface area contributed by atoms with Gasteiger partial charge in [0.25, 0.3) is 0 Å². The monoisotopic (exact) mass is 208 g/mol. The fourth-order valence-electron chi connectivity index (χ4n) is 2.47. The molecule has 0 aromatic rings. The number of nitrogens with zero attached hydrogens (tertiary/aromatic N) is 1. The number of nitrogens with one attached hydrogen (secondary N) is 1. The molecule has 0 bridgehead atoms. The number of methoxy groups -OCH3 is 1. The molecule has 0 saturated heterocycles. The van der Waals surface area contributed by atoms with E-state index in [1.54, 1.807) is 7.11 Å². The number of ether oxygens (including phenoxy) is 1. The minimum atomic E-state index is 0.331. The molecular weight excluding hydrogens is 188 g/mol. The van der Waals surface area contributed by atoms with E-state index in [2.05, 4.69) is 24.2 Å². The summed E-state index contributed by atoms with van der Waals surface area (Å²) in [4.78, 5) is 4.32. The molecule has 84 valence electrons. The maximum absolute atomic E-state index is 5.34. The van der Waals surface area contributed by atoms with Crippen LogP contribution in [0.25, 0.3) is 0 Å². The van der Waals surface area contributed by atoms with E-state index < -0.39 is 0 Å². The van der Waals surface area contributed by atoms with Crippen LogP contribution in [0.2, 0.25) is 0 Å². The SMILES string of the molecule is CCC(C)C1(C2=C(OC)N=CCN2)CC1. The quantitative estimate of drug-likeness (QED) is 0.769. The van der Waals surface area contributed by atoms with Crippen LogP contribution >= 0.6 is 0 Å². The first-order valence-electron chi connectivity index (χ1n) is 5.79. The third-order valence-electron chi connectivity index (χ3n) is 3.83. The molecule has 0 radical (unpaired) electrons. The number of allylic oxidation sites excluding steroid dienone is 1. The Morgan fingerprint density at radius 2 is 2.33 bits per heavy atom.